The van der Waals surface area contributed by atoms with E-state index in [-0.39, 0.29) is 31.1 Å². The average Bonchev–Trinajstić information content (AvgIpc) is 2.53. The summed E-state index contributed by atoms with van der Waals surface area (Å²) in [5.41, 5.74) is -0.843. The molecule has 0 aliphatic rings. The largest absolute Gasteiger partial charge is 0.501 e. The van der Waals surface area contributed by atoms with Gasteiger partial charge in [0.05, 0.1) is 0 Å². The van der Waals surface area contributed by atoms with Crippen molar-refractivity contribution < 1.29 is 35.2 Å². The summed E-state index contributed by atoms with van der Waals surface area (Å²) in [6.45, 7) is 7.14. The van der Waals surface area contributed by atoms with Crippen molar-refractivity contribution in [2.75, 3.05) is 7.11 Å². The van der Waals surface area contributed by atoms with E-state index in [0.29, 0.717) is 0 Å². The summed E-state index contributed by atoms with van der Waals surface area (Å²) in [7, 11) is -1.72. The molecule has 1 aromatic rings. The third kappa shape index (κ3) is 5.47. The molecule has 3 nitrogen and oxygen atoms in total. The highest BCUT2D eigenvalue weighted by Crippen LogP contribution is 2.27. The number of rotatable bonds is 9. The molecule has 144 valence electrons. The highest BCUT2D eigenvalue weighted by Gasteiger charge is 2.41. The number of hydrogen-bond acceptors (Lipinski definition) is 3. The van der Waals surface area contributed by atoms with Crippen LogP contribution in [0.25, 0.3) is 0 Å². The van der Waals surface area contributed by atoms with Crippen molar-refractivity contribution in [3.05, 3.63) is 34.6 Å². The van der Waals surface area contributed by atoms with Gasteiger partial charge in [0, 0.05) is 30.9 Å². The zero-order valence-corrected chi connectivity index (χ0v) is 15.9. The lowest BCUT2D eigenvalue weighted by molar-refractivity contribution is 0.0324. The van der Waals surface area contributed by atoms with E-state index in [2.05, 4.69) is 0 Å². The van der Waals surface area contributed by atoms with Gasteiger partial charge < -0.3 is 13.3 Å². The summed E-state index contributed by atoms with van der Waals surface area (Å²) in [6.07, 6.45) is -0.691. The van der Waals surface area contributed by atoms with Crippen LogP contribution in [-0.2, 0) is 19.7 Å². The van der Waals surface area contributed by atoms with Crippen molar-refractivity contribution in [3.63, 3.8) is 0 Å². The third-order valence-corrected chi connectivity index (χ3v) is 6.60. The van der Waals surface area contributed by atoms with E-state index in [1.807, 2.05) is 0 Å². The molecule has 0 saturated carbocycles. The maximum absolute atomic E-state index is 13.7. The molecule has 0 atom stereocenters. The molecule has 9 heteroatoms. The van der Waals surface area contributed by atoms with Gasteiger partial charge in [0.15, 0.2) is 23.3 Å². The summed E-state index contributed by atoms with van der Waals surface area (Å²) >= 11 is 0. The highest BCUT2D eigenvalue weighted by atomic mass is 28.4. The Morgan fingerprint density at radius 1 is 0.760 bits per heavy atom. The zero-order valence-electron chi connectivity index (χ0n) is 14.9. The maximum Gasteiger partial charge on any atom is 0.501 e. The number of halogens is 5. The van der Waals surface area contributed by atoms with Gasteiger partial charge in [-0.1, -0.05) is 0 Å². The Balaban J connectivity index is 2.96. The summed E-state index contributed by atoms with van der Waals surface area (Å²) < 4.78 is 84.0. The van der Waals surface area contributed by atoms with Gasteiger partial charge in [-0.15, -0.1) is 0 Å². The minimum Gasteiger partial charge on any atom is -0.377 e. The fourth-order valence-electron chi connectivity index (χ4n) is 2.41. The van der Waals surface area contributed by atoms with Crippen molar-refractivity contribution in [2.24, 2.45) is 0 Å². The molecule has 0 radical (unpaired) electrons. The molecule has 1 rings (SSSR count). The van der Waals surface area contributed by atoms with Crippen LogP contribution >= 0.6 is 0 Å². The topological polar surface area (TPSA) is 27.7 Å². The summed E-state index contributed by atoms with van der Waals surface area (Å²) in [4.78, 5) is 0. The van der Waals surface area contributed by atoms with Gasteiger partial charge in [-0.25, -0.2) is 22.0 Å². The fourth-order valence-corrected chi connectivity index (χ4v) is 5.15. The number of benzene rings is 1. The first kappa shape index (κ1) is 22.0. The molecule has 0 fully saturated rings. The SMILES string of the molecule is CO[Si](CCCc1c(F)c(F)c(F)c(F)c1F)(OC(C)C)OC(C)C. The van der Waals surface area contributed by atoms with E-state index in [9.17, 15) is 22.0 Å². The highest BCUT2D eigenvalue weighted by molar-refractivity contribution is 6.60. The first-order valence-electron chi connectivity index (χ1n) is 7.95. The van der Waals surface area contributed by atoms with Crippen LogP contribution < -0.4 is 0 Å². The molecular weight excluding hydrogens is 363 g/mol. The molecule has 25 heavy (non-hydrogen) atoms. The molecule has 0 saturated heterocycles. The van der Waals surface area contributed by atoms with E-state index >= 15 is 0 Å². The van der Waals surface area contributed by atoms with Crippen molar-refractivity contribution >= 4 is 8.80 Å². The van der Waals surface area contributed by atoms with Gasteiger partial charge in [0.25, 0.3) is 0 Å². The van der Waals surface area contributed by atoms with E-state index in [1.54, 1.807) is 27.7 Å². The Labute approximate surface area is 145 Å². The van der Waals surface area contributed by atoms with Crippen LogP contribution in [-0.4, -0.2) is 28.1 Å². The minimum atomic E-state index is -3.13. The Bertz CT molecular complexity index is 557. The van der Waals surface area contributed by atoms with Gasteiger partial charge >= 0.3 is 8.80 Å². The Morgan fingerprint density at radius 3 is 1.52 bits per heavy atom. The second kappa shape index (κ2) is 9.06. The normalized spacial score (nSPS) is 12.5. The van der Waals surface area contributed by atoms with E-state index < -0.39 is 43.5 Å². The first-order chi connectivity index (χ1) is 11.5. The lowest BCUT2D eigenvalue weighted by atomic mass is 10.1. The van der Waals surface area contributed by atoms with Gasteiger partial charge in [-0.2, -0.15) is 0 Å². The lowest BCUT2D eigenvalue weighted by Gasteiger charge is -2.31. The van der Waals surface area contributed by atoms with Gasteiger partial charge in [0.1, 0.15) is 0 Å². The number of hydrogen-bond donors (Lipinski definition) is 0. The average molecular weight is 386 g/mol. The fraction of sp³-hybridized carbons (Fsp3) is 0.625. The van der Waals surface area contributed by atoms with E-state index in [0.717, 1.165) is 0 Å². The van der Waals surface area contributed by atoms with E-state index in [4.69, 9.17) is 13.3 Å². The van der Waals surface area contributed by atoms with Crippen LogP contribution in [0.4, 0.5) is 22.0 Å². The molecule has 0 N–H and O–H groups in total. The van der Waals surface area contributed by atoms with Crippen LogP contribution in [0, 0.1) is 29.1 Å². The van der Waals surface area contributed by atoms with Gasteiger partial charge in [-0.05, 0) is 40.5 Å². The third-order valence-electron chi connectivity index (χ3n) is 3.35. The molecule has 0 amide bonds. The van der Waals surface area contributed by atoms with Crippen LogP contribution in [0.15, 0.2) is 0 Å². The first-order valence-corrected chi connectivity index (χ1v) is 9.89. The molecule has 1 aromatic carbocycles. The molecule has 0 unspecified atom stereocenters. The monoisotopic (exact) mass is 386 g/mol. The molecule has 0 aromatic heterocycles. The second-order valence-electron chi connectivity index (χ2n) is 6.12. The van der Waals surface area contributed by atoms with Crippen molar-refractivity contribution in [1.82, 2.24) is 0 Å². The standard InChI is InChI=1S/C16H23F5O3Si/c1-9(2)23-25(22-5,24-10(3)4)8-6-7-11-12(17)14(19)16(21)15(20)13(11)18/h9-10H,6-8H2,1-5H3. The van der Waals surface area contributed by atoms with Crippen LogP contribution in [0.3, 0.4) is 0 Å². The lowest BCUT2D eigenvalue weighted by Crippen LogP contribution is -2.48. The zero-order chi connectivity index (χ0) is 19.4. The summed E-state index contributed by atoms with van der Waals surface area (Å²) in [6, 6.07) is 0.180. The predicted molar refractivity (Wildman–Crippen MR) is 84.6 cm³/mol. The molecule has 0 heterocycles. The molecule has 0 aliphatic heterocycles. The van der Waals surface area contributed by atoms with Crippen LogP contribution in [0.5, 0.6) is 0 Å². The van der Waals surface area contributed by atoms with Crippen LogP contribution in [0.2, 0.25) is 6.04 Å². The molecule has 0 spiro atoms. The Hall–Kier alpha value is -1.03. The van der Waals surface area contributed by atoms with Gasteiger partial charge in [-0.3, -0.25) is 0 Å². The maximum atomic E-state index is 13.7. The van der Waals surface area contributed by atoms with Crippen molar-refractivity contribution in [2.45, 2.75) is 58.8 Å². The van der Waals surface area contributed by atoms with Crippen molar-refractivity contribution in [1.29, 1.82) is 0 Å². The Morgan fingerprint density at radius 2 is 1.16 bits per heavy atom. The van der Waals surface area contributed by atoms with E-state index in [1.165, 1.54) is 7.11 Å². The molecular formula is C16H23F5O3Si. The van der Waals surface area contributed by atoms with Crippen molar-refractivity contribution in [3.8, 4) is 0 Å². The van der Waals surface area contributed by atoms with Crippen LogP contribution in [0.1, 0.15) is 39.7 Å². The quantitative estimate of drug-likeness (QED) is 0.265. The second-order valence-corrected chi connectivity index (χ2v) is 8.87. The van der Waals surface area contributed by atoms with Gasteiger partial charge in [0.2, 0.25) is 5.82 Å². The Kier molecular flexibility index (Phi) is 7.98. The summed E-state index contributed by atoms with van der Waals surface area (Å²) in [5, 5.41) is 0. The minimum absolute atomic E-state index is 0.0812. The summed E-state index contributed by atoms with van der Waals surface area (Å²) in [5.74, 6) is -9.67. The predicted octanol–water partition coefficient (Wildman–Crippen LogP) is 4.75. The molecule has 0 aliphatic carbocycles. The molecule has 0 bridgehead atoms. The smallest absolute Gasteiger partial charge is 0.377 e.